The van der Waals surface area contributed by atoms with E-state index in [2.05, 4.69) is 10.2 Å². The summed E-state index contributed by atoms with van der Waals surface area (Å²) in [6.07, 6.45) is 4.69. The highest BCUT2D eigenvalue weighted by molar-refractivity contribution is 6.36. The number of hydrogen-bond donors (Lipinski definition) is 1. The molecule has 0 spiro atoms. The van der Waals surface area contributed by atoms with Gasteiger partial charge in [0.25, 0.3) is 0 Å². The number of benzene rings is 1. The fourth-order valence-electron chi connectivity index (χ4n) is 3.22. The first-order valence-corrected chi connectivity index (χ1v) is 8.64. The van der Waals surface area contributed by atoms with Crippen molar-refractivity contribution < 1.29 is 4.79 Å². The second-order valence-electron chi connectivity index (χ2n) is 6.00. The summed E-state index contributed by atoms with van der Waals surface area (Å²) in [4.78, 5) is 16.4. The van der Waals surface area contributed by atoms with E-state index in [9.17, 15) is 4.79 Å². The average Bonchev–Trinajstić information content (AvgIpc) is 3.00. The van der Waals surface area contributed by atoms with Crippen LogP contribution in [0, 0.1) is 0 Å². The van der Waals surface area contributed by atoms with Gasteiger partial charge in [-0.2, -0.15) is 0 Å². The van der Waals surface area contributed by atoms with Crippen LogP contribution >= 0.6 is 23.2 Å². The molecule has 0 unspecified atom stereocenters. The van der Waals surface area contributed by atoms with Gasteiger partial charge < -0.3 is 15.1 Å². The number of nitrogens with one attached hydrogen (secondary N) is 1. The molecule has 1 aliphatic carbocycles. The van der Waals surface area contributed by atoms with Crippen LogP contribution in [-0.4, -0.2) is 43.2 Å². The van der Waals surface area contributed by atoms with Gasteiger partial charge in [0, 0.05) is 37.2 Å². The Balaban J connectivity index is 1.54. The van der Waals surface area contributed by atoms with Crippen LogP contribution in [0.15, 0.2) is 18.2 Å². The molecule has 2 fully saturated rings. The molecule has 22 heavy (non-hydrogen) atoms. The van der Waals surface area contributed by atoms with Gasteiger partial charge in [0.15, 0.2) is 0 Å². The van der Waals surface area contributed by atoms with Crippen molar-refractivity contribution in [3.8, 4) is 0 Å². The summed E-state index contributed by atoms with van der Waals surface area (Å²) < 4.78 is 0. The molecule has 120 valence electrons. The Morgan fingerprint density at radius 2 is 1.77 bits per heavy atom. The molecule has 1 aliphatic heterocycles. The largest absolute Gasteiger partial charge is 0.367 e. The summed E-state index contributed by atoms with van der Waals surface area (Å²) in [5, 5.41) is 4.45. The van der Waals surface area contributed by atoms with E-state index in [4.69, 9.17) is 23.2 Å². The van der Waals surface area contributed by atoms with Gasteiger partial charge in [-0.1, -0.05) is 36.0 Å². The van der Waals surface area contributed by atoms with Gasteiger partial charge in [0.05, 0.1) is 10.7 Å². The van der Waals surface area contributed by atoms with Gasteiger partial charge in [-0.05, 0) is 31.0 Å². The summed E-state index contributed by atoms with van der Waals surface area (Å²) in [5.74, 6) is 0. The van der Waals surface area contributed by atoms with E-state index in [0.717, 1.165) is 44.7 Å². The Morgan fingerprint density at radius 3 is 2.41 bits per heavy atom. The first kappa shape index (κ1) is 15.8. The molecule has 0 atom stereocenters. The molecule has 4 nitrogen and oxygen atoms in total. The van der Waals surface area contributed by atoms with Crippen LogP contribution in [0.5, 0.6) is 0 Å². The van der Waals surface area contributed by atoms with E-state index in [1.807, 2.05) is 17.0 Å². The predicted molar refractivity (Wildman–Crippen MR) is 91.0 cm³/mol. The number of piperazine rings is 1. The minimum Gasteiger partial charge on any atom is -0.367 e. The number of carbonyl (C=O) groups excluding carboxylic acids is 1. The van der Waals surface area contributed by atoms with Gasteiger partial charge in [0.1, 0.15) is 0 Å². The van der Waals surface area contributed by atoms with E-state index < -0.39 is 0 Å². The van der Waals surface area contributed by atoms with E-state index >= 15 is 0 Å². The second-order valence-corrected chi connectivity index (χ2v) is 6.84. The lowest BCUT2D eigenvalue weighted by atomic mass is 10.2. The van der Waals surface area contributed by atoms with Gasteiger partial charge in [-0.15, -0.1) is 0 Å². The van der Waals surface area contributed by atoms with Crippen molar-refractivity contribution in [2.75, 3.05) is 31.1 Å². The SMILES string of the molecule is O=C(NC1CCCC1)N1CCN(c2ccc(Cl)cc2Cl)CC1. The highest BCUT2D eigenvalue weighted by Gasteiger charge is 2.25. The zero-order valence-electron chi connectivity index (χ0n) is 12.5. The van der Waals surface area contributed by atoms with E-state index in [0.29, 0.717) is 16.1 Å². The van der Waals surface area contributed by atoms with Crippen LogP contribution in [0.2, 0.25) is 10.0 Å². The van der Waals surface area contributed by atoms with E-state index in [-0.39, 0.29) is 6.03 Å². The molecule has 1 aromatic carbocycles. The lowest BCUT2D eigenvalue weighted by molar-refractivity contribution is 0.190. The van der Waals surface area contributed by atoms with Crippen LogP contribution in [0.3, 0.4) is 0 Å². The molecule has 2 aliphatic rings. The Labute approximate surface area is 141 Å². The lowest BCUT2D eigenvalue weighted by Gasteiger charge is -2.37. The molecule has 2 amide bonds. The predicted octanol–water partition coefficient (Wildman–Crippen LogP) is 3.77. The molecule has 1 aromatic rings. The normalized spacial score (nSPS) is 19.5. The maximum absolute atomic E-state index is 12.3. The molecule has 0 bridgehead atoms. The molecule has 1 heterocycles. The zero-order valence-corrected chi connectivity index (χ0v) is 14.0. The maximum Gasteiger partial charge on any atom is 0.317 e. The van der Waals surface area contributed by atoms with Crippen LogP contribution in [0.25, 0.3) is 0 Å². The van der Waals surface area contributed by atoms with Crippen molar-refractivity contribution in [2.45, 2.75) is 31.7 Å². The van der Waals surface area contributed by atoms with Crippen LogP contribution in [0.4, 0.5) is 10.5 Å². The van der Waals surface area contributed by atoms with Gasteiger partial charge >= 0.3 is 6.03 Å². The molecule has 6 heteroatoms. The van der Waals surface area contributed by atoms with E-state index in [1.54, 1.807) is 6.07 Å². The molecular formula is C16H21Cl2N3O. The topological polar surface area (TPSA) is 35.6 Å². The average molecular weight is 342 g/mol. The summed E-state index contributed by atoms with van der Waals surface area (Å²) in [6.45, 7) is 3.02. The van der Waals surface area contributed by atoms with Gasteiger partial charge in [-0.3, -0.25) is 0 Å². The third-order valence-electron chi connectivity index (χ3n) is 4.50. The molecular weight excluding hydrogens is 321 g/mol. The molecule has 3 rings (SSSR count). The highest BCUT2D eigenvalue weighted by atomic mass is 35.5. The Morgan fingerprint density at radius 1 is 1.09 bits per heavy atom. The lowest BCUT2D eigenvalue weighted by Crippen LogP contribution is -2.53. The van der Waals surface area contributed by atoms with Crippen molar-refractivity contribution in [2.24, 2.45) is 0 Å². The Bertz CT molecular complexity index is 538. The third-order valence-corrected chi connectivity index (χ3v) is 5.04. The first-order valence-electron chi connectivity index (χ1n) is 7.89. The fourth-order valence-corrected chi connectivity index (χ4v) is 3.75. The minimum atomic E-state index is 0.0775. The van der Waals surface area contributed by atoms with Crippen molar-refractivity contribution in [3.05, 3.63) is 28.2 Å². The quantitative estimate of drug-likeness (QED) is 0.888. The molecule has 1 saturated carbocycles. The number of urea groups is 1. The number of amides is 2. The standard InChI is InChI=1S/C16H21Cl2N3O/c17-12-5-6-15(14(18)11-12)20-7-9-21(10-8-20)16(22)19-13-3-1-2-4-13/h5-6,11,13H,1-4,7-10H2,(H,19,22). The van der Waals surface area contributed by atoms with Gasteiger partial charge in [-0.25, -0.2) is 4.79 Å². The number of hydrogen-bond acceptors (Lipinski definition) is 2. The van der Waals surface area contributed by atoms with Crippen LogP contribution < -0.4 is 10.2 Å². The highest BCUT2D eigenvalue weighted by Crippen LogP contribution is 2.29. The number of anilines is 1. The maximum atomic E-state index is 12.3. The second kappa shape index (κ2) is 6.97. The first-order chi connectivity index (χ1) is 10.6. The fraction of sp³-hybridized carbons (Fsp3) is 0.562. The number of nitrogens with zero attached hydrogens (tertiary/aromatic N) is 2. The Kier molecular flexibility index (Phi) is 4.99. The number of halogens is 2. The summed E-state index contributed by atoms with van der Waals surface area (Å²) in [6, 6.07) is 6.00. The molecule has 1 saturated heterocycles. The summed E-state index contributed by atoms with van der Waals surface area (Å²) >= 11 is 12.2. The summed E-state index contributed by atoms with van der Waals surface area (Å²) in [7, 11) is 0. The van der Waals surface area contributed by atoms with Crippen molar-refractivity contribution in [1.29, 1.82) is 0 Å². The van der Waals surface area contributed by atoms with Crippen LogP contribution in [-0.2, 0) is 0 Å². The molecule has 1 N–H and O–H groups in total. The smallest absolute Gasteiger partial charge is 0.317 e. The van der Waals surface area contributed by atoms with Crippen molar-refractivity contribution in [1.82, 2.24) is 10.2 Å². The monoisotopic (exact) mass is 341 g/mol. The summed E-state index contributed by atoms with van der Waals surface area (Å²) in [5.41, 5.74) is 0.988. The number of carbonyl (C=O) groups is 1. The minimum absolute atomic E-state index is 0.0775. The zero-order chi connectivity index (χ0) is 15.5. The number of rotatable bonds is 2. The molecule has 0 aromatic heterocycles. The molecule has 0 radical (unpaired) electrons. The third kappa shape index (κ3) is 3.61. The van der Waals surface area contributed by atoms with Gasteiger partial charge in [0.2, 0.25) is 0 Å². The van der Waals surface area contributed by atoms with Crippen molar-refractivity contribution >= 4 is 34.9 Å². The Hall–Kier alpha value is -1.13. The van der Waals surface area contributed by atoms with E-state index in [1.165, 1.54) is 12.8 Å². The van der Waals surface area contributed by atoms with Crippen LogP contribution in [0.1, 0.15) is 25.7 Å². The van der Waals surface area contributed by atoms with Crippen molar-refractivity contribution in [3.63, 3.8) is 0 Å².